The Hall–Kier alpha value is -4.81. The van der Waals surface area contributed by atoms with Gasteiger partial charge in [0.15, 0.2) is 5.65 Å². The molecule has 0 aliphatic rings. The molecule has 0 saturated heterocycles. The van der Waals surface area contributed by atoms with Crippen LogP contribution in [0.1, 0.15) is 21.6 Å². The first kappa shape index (κ1) is 23.9. The number of carbonyl (C=O) groups excluding carboxylic acids is 2. The van der Waals surface area contributed by atoms with Crippen LogP contribution < -0.4 is 0 Å². The Morgan fingerprint density at radius 3 is 2.65 bits per heavy atom. The van der Waals surface area contributed by atoms with E-state index in [-0.39, 0.29) is 12.5 Å². The van der Waals surface area contributed by atoms with Crippen molar-refractivity contribution in [2.75, 3.05) is 33.7 Å². The number of aldehydes is 1. The second kappa shape index (κ2) is 10.4. The highest BCUT2D eigenvalue weighted by Crippen LogP contribution is 2.20. The lowest BCUT2D eigenvalue weighted by Gasteiger charge is -2.22. The van der Waals surface area contributed by atoms with Crippen molar-refractivity contribution in [3.8, 4) is 23.1 Å². The molecule has 4 heterocycles. The zero-order valence-electron chi connectivity index (χ0n) is 20.5. The van der Waals surface area contributed by atoms with Gasteiger partial charge >= 0.3 is 0 Å². The van der Waals surface area contributed by atoms with Gasteiger partial charge in [-0.25, -0.2) is 14.5 Å². The molecule has 0 saturated carbocycles. The van der Waals surface area contributed by atoms with Gasteiger partial charge in [-0.05, 0) is 56.4 Å². The number of nitrogens with one attached hydrogen (secondary N) is 1. The molecule has 0 spiro atoms. The number of benzene rings is 1. The fourth-order valence-corrected chi connectivity index (χ4v) is 3.97. The van der Waals surface area contributed by atoms with Crippen molar-refractivity contribution in [3.63, 3.8) is 0 Å². The van der Waals surface area contributed by atoms with Crippen LogP contribution in [-0.4, -0.2) is 80.3 Å². The number of carbonyl (C=O) groups is 2. The van der Waals surface area contributed by atoms with Gasteiger partial charge in [0.1, 0.15) is 17.6 Å². The maximum atomic E-state index is 12.9. The highest BCUT2D eigenvalue weighted by molar-refractivity contribution is 5.95. The Balaban J connectivity index is 1.40. The van der Waals surface area contributed by atoms with E-state index in [9.17, 15) is 9.59 Å². The van der Waals surface area contributed by atoms with Gasteiger partial charge in [-0.3, -0.25) is 4.79 Å². The van der Waals surface area contributed by atoms with E-state index < -0.39 is 0 Å². The molecular weight excluding hydrogens is 466 g/mol. The molecule has 1 N–H and O–H groups in total. The van der Waals surface area contributed by atoms with Crippen molar-refractivity contribution in [3.05, 3.63) is 83.9 Å². The summed E-state index contributed by atoms with van der Waals surface area (Å²) in [6.07, 6.45) is 6.02. The number of rotatable bonds is 7. The third kappa shape index (κ3) is 5.10. The number of likely N-dealkylation sites (N-methyl/N-ethyl adjacent to an activating group) is 1. The van der Waals surface area contributed by atoms with Crippen molar-refractivity contribution in [2.24, 2.45) is 0 Å². The highest BCUT2D eigenvalue weighted by Gasteiger charge is 2.16. The SMILES string of the molecule is CN(C)CCN(CC=O)C(=O)c1ccc(-c2ccc3ncc(C#Cc4ccnc5[nH]ccc45)n3n2)cc1. The van der Waals surface area contributed by atoms with Crippen molar-refractivity contribution >= 4 is 28.9 Å². The van der Waals surface area contributed by atoms with Gasteiger partial charge in [0.25, 0.3) is 5.91 Å². The highest BCUT2D eigenvalue weighted by atomic mass is 16.2. The number of nitrogens with zero attached hydrogens (tertiary/aromatic N) is 6. The van der Waals surface area contributed by atoms with Crippen LogP contribution >= 0.6 is 0 Å². The normalized spacial score (nSPS) is 11.0. The smallest absolute Gasteiger partial charge is 0.254 e. The molecule has 9 nitrogen and oxygen atoms in total. The van der Waals surface area contributed by atoms with Crippen molar-refractivity contribution in [1.82, 2.24) is 34.4 Å². The molecule has 0 fully saturated rings. The summed E-state index contributed by atoms with van der Waals surface area (Å²) in [6.45, 7) is 1.21. The van der Waals surface area contributed by atoms with E-state index in [4.69, 9.17) is 5.10 Å². The van der Waals surface area contributed by atoms with Gasteiger partial charge in [-0.1, -0.05) is 18.1 Å². The van der Waals surface area contributed by atoms with Gasteiger partial charge in [0, 0.05) is 47.6 Å². The number of aromatic nitrogens is 5. The molecule has 0 unspecified atom stereocenters. The molecule has 5 aromatic rings. The summed E-state index contributed by atoms with van der Waals surface area (Å²) in [5.41, 5.74) is 5.10. The Morgan fingerprint density at radius 1 is 1.03 bits per heavy atom. The topological polar surface area (TPSA) is 99.5 Å². The number of hydrogen-bond donors (Lipinski definition) is 1. The second-order valence-corrected chi connectivity index (χ2v) is 8.78. The Labute approximate surface area is 213 Å². The van der Waals surface area contributed by atoms with Crippen LogP contribution in [0, 0.1) is 11.8 Å². The predicted molar refractivity (Wildman–Crippen MR) is 141 cm³/mol. The third-order valence-electron chi connectivity index (χ3n) is 5.97. The molecule has 9 heteroatoms. The molecule has 0 radical (unpaired) electrons. The first-order chi connectivity index (χ1) is 18.0. The predicted octanol–water partition coefficient (Wildman–Crippen LogP) is 2.88. The minimum Gasteiger partial charge on any atom is -0.346 e. The molecule has 184 valence electrons. The molecule has 1 amide bonds. The van der Waals surface area contributed by atoms with E-state index >= 15 is 0 Å². The lowest BCUT2D eigenvalue weighted by molar-refractivity contribution is -0.108. The lowest BCUT2D eigenvalue weighted by Crippen LogP contribution is -2.37. The Bertz CT molecular complexity index is 1640. The summed E-state index contributed by atoms with van der Waals surface area (Å²) in [5, 5.41) is 5.70. The lowest BCUT2D eigenvalue weighted by atomic mass is 10.1. The van der Waals surface area contributed by atoms with E-state index in [2.05, 4.69) is 26.8 Å². The van der Waals surface area contributed by atoms with Crippen LogP contribution in [-0.2, 0) is 4.79 Å². The minimum atomic E-state index is -0.177. The number of amides is 1. The summed E-state index contributed by atoms with van der Waals surface area (Å²) >= 11 is 0. The third-order valence-corrected chi connectivity index (χ3v) is 5.97. The quantitative estimate of drug-likeness (QED) is 0.278. The van der Waals surface area contributed by atoms with Crippen LogP contribution in [0.2, 0.25) is 0 Å². The molecular formula is C28H25N7O2. The van der Waals surface area contributed by atoms with Gasteiger partial charge in [0.2, 0.25) is 0 Å². The van der Waals surface area contributed by atoms with E-state index in [1.807, 2.05) is 61.6 Å². The number of pyridine rings is 1. The summed E-state index contributed by atoms with van der Waals surface area (Å²) in [6, 6.07) is 14.8. The van der Waals surface area contributed by atoms with E-state index in [1.165, 1.54) is 0 Å². The molecule has 0 aliphatic carbocycles. The van der Waals surface area contributed by atoms with Crippen LogP contribution in [0.3, 0.4) is 0 Å². The summed E-state index contributed by atoms with van der Waals surface area (Å²) in [5.74, 6) is 6.20. The molecule has 0 aliphatic heterocycles. The van der Waals surface area contributed by atoms with Gasteiger partial charge in [0.05, 0.1) is 18.4 Å². The van der Waals surface area contributed by atoms with E-state index in [1.54, 1.807) is 33.9 Å². The second-order valence-electron chi connectivity index (χ2n) is 8.78. The number of imidazole rings is 1. The van der Waals surface area contributed by atoms with Crippen LogP contribution in [0.4, 0.5) is 0 Å². The molecule has 0 bridgehead atoms. The first-order valence-electron chi connectivity index (χ1n) is 11.8. The molecule has 4 aromatic heterocycles. The maximum Gasteiger partial charge on any atom is 0.254 e. The number of aromatic amines is 1. The van der Waals surface area contributed by atoms with Crippen molar-refractivity contribution < 1.29 is 9.59 Å². The average molecular weight is 492 g/mol. The number of fused-ring (bicyclic) bond motifs is 2. The van der Waals surface area contributed by atoms with Gasteiger partial charge in [-0.15, -0.1) is 0 Å². The number of H-pyrrole nitrogens is 1. The standard InChI is InChI=1S/C28H25N7O2/c1-33(2)15-16-34(17-18-36)28(37)22-5-3-21(4-6-22)25-9-10-26-31-19-23(35(26)32-25)8-7-20-11-13-29-27-24(20)12-14-30-27/h3-6,9-14,18-19H,15-17H2,1-2H3,(H,29,30). The minimum absolute atomic E-state index is 0.0617. The van der Waals surface area contributed by atoms with Crippen LogP contribution in [0.15, 0.2) is 67.1 Å². The Morgan fingerprint density at radius 2 is 1.86 bits per heavy atom. The van der Waals surface area contributed by atoms with Crippen LogP contribution in [0.25, 0.3) is 27.9 Å². The van der Waals surface area contributed by atoms with E-state index in [0.717, 1.165) is 34.1 Å². The Kier molecular flexibility index (Phi) is 6.74. The van der Waals surface area contributed by atoms with Crippen molar-refractivity contribution in [1.29, 1.82) is 0 Å². The zero-order valence-corrected chi connectivity index (χ0v) is 20.5. The molecule has 1 aromatic carbocycles. The van der Waals surface area contributed by atoms with Gasteiger partial charge < -0.3 is 19.6 Å². The molecule has 37 heavy (non-hydrogen) atoms. The van der Waals surface area contributed by atoms with E-state index in [0.29, 0.717) is 30.0 Å². The van der Waals surface area contributed by atoms with Crippen molar-refractivity contribution in [2.45, 2.75) is 0 Å². The number of hydrogen-bond acceptors (Lipinski definition) is 6. The fraction of sp³-hybridized carbons (Fsp3) is 0.179. The molecule has 0 atom stereocenters. The maximum absolute atomic E-state index is 12.9. The first-order valence-corrected chi connectivity index (χ1v) is 11.8. The fourth-order valence-electron chi connectivity index (χ4n) is 3.97. The zero-order chi connectivity index (χ0) is 25.8. The molecule has 5 rings (SSSR count). The summed E-state index contributed by atoms with van der Waals surface area (Å²) < 4.78 is 1.71. The van der Waals surface area contributed by atoms with Crippen LogP contribution in [0.5, 0.6) is 0 Å². The monoisotopic (exact) mass is 491 g/mol. The summed E-state index contributed by atoms with van der Waals surface area (Å²) in [7, 11) is 3.86. The van der Waals surface area contributed by atoms with Gasteiger partial charge in [-0.2, -0.15) is 5.10 Å². The summed E-state index contributed by atoms with van der Waals surface area (Å²) in [4.78, 5) is 39.3. The average Bonchev–Trinajstić information content (AvgIpc) is 3.56. The largest absolute Gasteiger partial charge is 0.346 e.